The van der Waals surface area contributed by atoms with Gasteiger partial charge in [0.05, 0.1) is 5.41 Å². The van der Waals surface area contributed by atoms with E-state index in [-0.39, 0.29) is 5.92 Å². The molecule has 1 aromatic heterocycles. The van der Waals surface area contributed by atoms with Crippen LogP contribution < -0.4 is 0 Å². The van der Waals surface area contributed by atoms with Gasteiger partial charge in [-0.3, -0.25) is 9.78 Å². The zero-order chi connectivity index (χ0) is 10.2. The minimum absolute atomic E-state index is 0.117. The van der Waals surface area contributed by atoms with Gasteiger partial charge in [0.1, 0.15) is 0 Å². The summed E-state index contributed by atoms with van der Waals surface area (Å²) in [6.07, 6.45) is 3.13. The summed E-state index contributed by atoms with van der Waals surface area (Å²) in [4.78, 5) is 15.3. The van der Waals surface area contributed by atoms with E-state index in [0.717, 1.165) is 12.1 Å². The lowest BCUT2D eigenvalue weighted by molar-refractivity contribution is -0.143. The zero-order valence-corrected chi connectivity index (χ0v) is 8.10. The summed E-state index contributed by atoms with van der Waals surface area (Å²) < 4.78 is 0. The summed E-state index contributed by atoms with van der Waals surface area (Å²) in [5.74, 6) is -0.568. The Hall–Kier alpha value is -1.38. The number of carboxylic acids is 1. The molecule has 1 aliphatic carbocycles. The van der Waals surface area contributed by atoms with E-state index in [9.17, 15) is 4.79 Å². The number of carboxylic acid groups (broad SMARTS) is 1. The SMILES string of the molecule is CCC1(C(=O)O)CC1c1ccccn1. The van der Waals surface area contributed by atoms with Gasteiger partial charge in [-0.15, -0.1) is 0 Å². The van der Waals surface area contributed by atoms with Crippen molar-refractivity contribution in [3.8, 4) is 0 Å². The van der Waals surface area contributed by atoms with Crippen LogP contribution in [-0.2, 0) is 4.79 Å². The maximum absolute atomic E-state index is 11.1. The van der Waals surface area contributed by atoms with Crippen molar-refractivity contribution in [3.05, 3.63) is 30.1 Å². The normalized spacial score (nSPS) is 29.9. The Kier molecular flexibility index (Phi) is 2.02. The van der Waals surface area contributed by atoms with Gasteiger partial charge < -0.3 is 5.11 Å². The van der Waals surface area contributed by atoms with Crippen molar-refractivity contribution in [2.45, 2.75) is 25.7 Å². The quantitative estimate of drug-likeness (QED) is 0.795. The summed E-state index contributed by atoms with van der Waals surface area (Å²) in [6, 6.07) is 5.66. The summed E-state index contributed by atoms with van der Waals surface area (Å²) in [6.45, 7) is 1.93. The molecule has 1 heterocycles. The molecule has 0 amide bonds. The molecule has 3 nitrogen and oxygen atoms in total. The fourth-order valence-electron chi connectivity index (χ4n) is 2.05. The molecule has 0 spiro atoms. The van der Waals surface area contributed by atoms with Crippen LogP contribution in [-0.4, -0.2) is 16.1 Å². The van der Waals surface area contributed by atoms with Crippen molar-refractivity contribution in [2.75, 3.05) is 0 Å². The molecule has 1 aromatic rings. The van der Waals surface area contributed by atoms with Gasteiger partial charge >= 0.3 is 5.97 Å². The second-order valence-corrected chi connectivity index (χ2v) is 3.83. The highest BCUT2D eigenvalue weighted by Gasteiger charge is 2.60. The molecule has 0 bridgehead atoms. The number of pyridine rings is 1. The Labute approximate surface area is 82.8 Å². The first kappa shape index (κ1) is 9.19. The standard InChI is InChI=1S/C11H13NO2/c1-2-11(10(13)14)7-8(11)9-5-3-4-6-12-9/h3-6,8H,2,7H2,1H3,(H,13,14). The van der Waals surface area contributed by atoms with Crippen molar-refractivity contribution in [1.82, 2.24) is 4.98 Å². The van der Waals surface area contributed by atoms with Crippen LogP contribution in [0.2, 0.25) is 0 Å². The Morgan fingerprint density at radius 2 is 2.50 bits per heavy atom. The van der Waals surface area contributed by atoms with Crippen LogP contribution in [0.3, 0.4) is 0 Å². The molecule has 3 heteroatoms. The molecule has 0 radical (unpaired) electrons. The average Bonchev–Trinajstić information content (AvgIpc) is 2.95. The first-order chi connectivity index (χ1) is 6.70. The van der Waals surface area contributed by atoms with Crippen molar-refractivity contribution in [1.29, 1.82) is 0 Å². The molecular formula is C11H13NO2. The van der Waals surface area contributed by atoms with E-state index < -0.39 is 11.4 Å². The van der Waals surface area contributed by atoms with E-state index in [0.29, 0.717) is 6.42 Å². The number of rotatable bonds is 3. The molecule has 1 fully saturated rings. The van der Waals surface area contributed by atoms with Crippen molar-refractivity contribution in [3.63, 3.8) is 0 Å². The van der Waals surface area contributed by atoms with Gasteiger partial charge in [0.25, 0.3) is 0 Å². The minimum atomic E-state index is -0.685. The molecule has 2 atom stereocenters. The third kappa shape index (κ3) is 1.20. The average molecular weight is 191 g/mol. The topological polar surface area (TPSA) is 50.2 Å². The predicted octanol–water partition coefficient (Wildman–Crippen LogP) is 2.05. The van der Waals surface area contributed by atoms with Crippen LogP contribution in [0.1, 0.15) is 31.4 Å². The van der Waals surface area contributed by atoms with E-state index >= 15 is 0 Å². The zero-order valence-electron chi connectivity index (χ0n) is 8.10. The predicted molar refractivity (Wildman–Crippen MR) is 52.0 cm³/mol. The lowest BCUT2D eigenvalue weighted by atomic mass is 9.99. The number of carbonyl (C=O) groups is 1. The third-order valence-electron chi connectivity index (χ3n) is 3.18. The van der Waals surface area contributed by atoms with Gasteiger partial charge in [0, 0.05) is 17.8 Å². The molecular weight excluding hydrogens is 178 g/mol. The maximum atomic E-state index is 11.1. The second-order valence-electron chi connectivity index (χ2n) is 3.83. The Bertz CT molecular complexity index is 350. The van der Waals surface area contributed by atoms with Crippen LogP contribution in [0.25, 0.3) is 0 Å². The van der Waals surface area contributed by atoms with Crippen LogP contribution >= 0.6 is 0 Å². The largest absolute Gasteiger partial charge is 0.481 e. The van der Waals surface area contributed by atoms with Gasteiger partial charge in [0.2, 0.25) is 0 Å². The van der Waals surface area contributed by atoms with Crippen molar-refractivity contribution >= 4 is 5.97 Å². The van der Waals surface area contributed by atoms with E-state index in [1.165, 1.54) is 0 Å². The molecule has 0 aromatic carbocycles. The monoisotopic (exact) mass is 191 g/mol. The molecule has 74 valence electrons. The maximum Gasteiger partial charge on any atom is 0.310 e. The summed E-state index contributed by atoms with van der Waals surface area (Å²) in [5, 5.41) is 9.11. The van der Waals surface area contributed by atoms with E-state index in [2.05, 4.69) is 4.98 Å². The molecule has 2 rings (SSSR count). The van der Waals surface area contributed by atoms with Crippen LogP contribution in [0, 0.1) is 5.41 Å². The highest BCUT2D eigenvalue weighted by Crippen LogP contribution is 2.61. The molecule has 0 saturated heterocycles. The molecule has 0 aliphatic heterocycles. The highest BCUT2D eigenvalue weighted by atomic mass is 16.4. The van der Waals surface area contributed by atoms with Crippen molar-refractivity contribution < 1.29 is 9.90 Å². The van der Waals surface area contributed by atoms with Gasteiger partial charge in [-0.2, -0.15) is 0 Å². The Morgan fingerprint density at radius 1 is 1.71 bits per heavy atom. The van der Waals surface area contributed by atoms with Gasteiger partial charge in [-0.25, -0.2) is 0 Å². The summed E-state index contributed by atoms with van der Waals surface area (Å²) >= 11 is 0. The first-order valence-corrected chi connectivity index (χ1v) is 4.85. The Balaban J connectivity index is 2.22. The second kappa shape index (κ2) is 3.08. The number of hydrogen-bond donors (Lipinski definition) is 1. The Morgan fingerprint density at radius 3 is 2.93 bits per heavy atom. The highest BCUT2D eigenvalue weighted by molar-refractivity contribution is 5.80. The first-order valence-electron chi connectivity index (χ1n) is 4.85. The molecule has 1 N–H and O–H groups in total. The van der Waals surface area contributed by atoms with Gasteiger partial charge in [-0.1, -0.05) is 13.0 Å². The fourth-order valence-corrected chi connectivity index (χ4v) is 2.05. The lowest BCUT2D eigenvalue weighted by Gasteiger charge is -2.07. The van der Waals surface area contributed by atoms with Gasteiger partial charge in [-0.05, 0) is 25.0 Å². The van der Waals surface area contributed by atoms with Crippen LogP contribution in [0.15, 0.2) is 24.4 Å². The molecule has 1 saturated carbocycles. The minimum Gasteiger partial charge on any atom is -0.481 e. The van der Waals surface area contributed by atoms with Gasteiger partial charge in [0.15, 0.2) is 0 Å². The van der Waals surface area contributed by atoms with E-state index in [1.54, 1.807) is 6.20 Å². The van der Waals surface area contributed by atoms with Crippen LogP contribution in [0.4, 0.5) is 0 Å². The number of aliphatic carboxylic acids is 1. The lowest BCUT2D eigenvalue weighted by Crippen LogP contribution is -2.16. The molecule has 2 unspecified atom stereocenters. The summed E-state index contributed by atoms with van der Waals surface area (Å²) in [5.41, 5.74) is 0.380. The number of nitrogens with zero attached hydrogens (tertiary/aromatic N) is 1. The summed E-state index contributed by atoms with van der Waals surface area (Å²) in [7, 11) is 0. The van der Waals surface area contributed by atoms with Crippen LogP contribution in [0.5, 0.6) is 0 Å². The van der Waals surface area contributed by atoms with Crippen molar-refractivity contribution in [2.24, 2.45) is 5.41 Å². The fraction of sp³-hybridized carbons (Fsp3) is 0.455. The third-order valence-corrected chi connectivity index (χ3v) is 3.18. The number of aromatic nitrogens is 1. The van der Waals surface area contributed by atoms with E-state index in [4.69, 9.17) is 5.11 Å². The molecule has 14 heavy (non-hydrogen) atoms. The molecule has 1 aliphatic rings. The smallest absolute Gasteiger partial charge is 0.310 e. The number of hydrogen-bond acceptors (Lipinski definition) is 2. The van der Waals surface area contributed by atoms with E-state index in [1.807, 2.05) is 25.1 Å².